The second-order valence-electron chi connectivity index (χ2n) is 6.85. The van der Waals surface area contributed by atoms with Crippen LogP contribution in [-0.2, 0) is 9.53 Å². The summed E-state index contributed by atoms with van der Waals surface area (Å²) >= 11 is 0. The van der Waals surface area contributed by atoms with Crippen LogP contribution in [0.3, 0.4) is 0 Å². The summed E-state index contributed by atoms with van der Waals surface area (Å²) in [5.74, 6) is -0.629. The number of nitrogens with zero attached hydrogens (tertiary/aromatic N) is 1. The number of hydrogen-bond acceptors (Lipinski definition) is 3. The topological polar surface area (TPSA) is 46.6 Å². The fourth-order valence-electron chi connectivity index (χ4n) is 3.28. The zero-order valence-electron chi connectivity index (χ0n) is 16.1. The van der Waals surface area contributed by atoms with E-state index >= 15 is 0 Å². The van der Waals surface area contributed by atoms with Crippen molar-refractivity contribution in [2.75, 3.05) is 6.61 Å². The van der Waals surface area contributed by atoms with E-state index in [9.17, 15) is 9.59 Å². The SMILES string of the molecule is CCCC[C@@H](C=C=Cc1ccccc1)C(=O)N1C(=O)OC[C@H]1c1ccccc1. The Bertz CT molecular complexity index is 854. The van der Waals surface area contributed by atoms with Gasteiger partial charge in [-0.25, -0.2) is 9.69 Å². The highest BCUT2D eigenvalue weighted by Gasteiger charge is 2.40. The van der Waals surface area contributed by atoms with Crippen LogP contribution in [0.25, 0.3) is 6.08 Å². The average molecular weight is 375 g/mol. The van der Waals surface area contributed by atoms with Gasteiger partial charge in [0.05, 0.1) is 5.92 Å². The zero-order valence-corrected chi connectivity index (χ0v) is 16.1. The smallest absolute Gasteiger partial charge is 0.417 e. The first-order valence-electron chi connectivity index (χ1n) is 9.73. The maximum Gasteiger partial charge on any atom is 0.417 e. The third kappa shape index (κ3) is 4.79. The summed E-state index contributed by atoms with van der Waals surface area (Å²) in [7, 11) is 0. The van der Waals surface area contributed by atoms with E-state index in [2.05, 4.69) is 12.7 Å². The molecule has 2 aromatic carbocycles. The van der Waals surface area contributed by atoms with Crippen molar-refractivity contribution in [1.82, 2.24) is 4.90 Å². The number of carbonyl (C=O) groups is 2. The minimum atomic E-state index is -0.569. The van der Waals surface area contributed by atoms with Crippen LogP contribution in [0.2, 0.25) is 0 Å². The maximum atomic E-state index is 13.2. The molecular weight excluding hydrogens is 350 g/mol. The summed E-state index contributed by atoms with van der Waals surface area (Å²) in [5.41, 5.74) is 5.05. The molecule has 1 aliphatic rings. The van der Waals surface area contributed by atoms with Crippen molar-refractivity contribution < 1.29 is 14.3 Å². The second-order valence-corrected chi connectivity index (χ2v) is 6.85. The number of rotatable bonds is 7. The first-order valence-corrected chi connectivity index (χ1v) is 9.73. The van der Waals surface area contributed by atoms with Crippen molar-refractivity contribution in [2.24, 2.45) is 5.92 Å². The molecule has 4 nitrogen and oxygen atoms in total. The molecule has 3 rings (SSSR count). The number of carbonyl (C=O) groups excluding carboxylic acids is 2. The van der Waals surface area contributed by atoms with Gasteiger partial charge in [-0.2, -0.15) is 0 Å². The summed E-state index contributed by atoms with van der Waals surface area (Å²) in [6.45, 7) is 2.28. The molecule has 1 fully saturated rings. The van der Waals surface area contributed by atoms with E-state index in [-0.39, 0.29) is 18.6 Å². The summed E-state index contributed by atoms with van der Waals surface area (Å²) in [6, 6.07) is 19.0. The molecule has 0 saturated carbocycles. The Labute approximate surface area is 166 Å². The largest absolute Gasteiger partial charge is 0.446 e. The van der Waals surface area contributed by atoms with Gasteiger partial charge in [-0.15, -0.1) is 5.73 Å². The summed E-state index contributed by atoms with van der Waals surface area (Å²) in [5, 5.41) is 0. The minimum absolute atomic E-state index is 0.193. The molecule has 0 radical (unpaired) electrons. The van der Waals surface area contributed by atoms with E-state index in [1.165, 1.54) is 4.90 Å². The highest BCUT2D eigenvalue weighted by Crippen LogP contribution is 2.30. The standard InChI is InChI=1S/C24H25NO3/c1-2-3-14-21(17-10-13-19-11-6-4-7-12-19)23(26)25-22(18-28-24(25)27)20-15-8-5-9-16-20/h4-9,11-13,15-17,21-22H,2-3,14,18H2,1H3/t10?,21-,22-/m0/s1. The molecule has 4 heteroatoms. The van der Waals surface area contributed by atoms with Crippen LogP contribution in [0.4, 0.5) is 4.79 Å². The van der Waals surface area contributed by atoms with E-state index in [1.807, 2.05) is 66.7 Å². The van der Waals surface area contributed by atoms with Gasteiger partial charge >= 0.3 is 6.09 Å². The van der Waals surface area contributed by atoms with Gasteiger partial charge < -0.3 is 4.74 Å². The van der Waals surface area contributed by atoms with Gasteiger partial charge in [-0.3, -0.25) is 4.79 Å². The lowest BCUT2D eigenvalue weighted by Crippen LogP contribution is -2.38. The molecule has 28 heavy (non-hydrogen) atoms. The molecule has 0 aliphatic carbocycles. The molecular formula is C24H25NO3. The summed E-state index contributed by atoms with van der Waals surface area (Å²) < 4.78 is 5.21. The van der Waals surface area contributed by atoms with Crippen LogP contribution < -0.4 is 0 Å². The number of ether oxygens (including phenoxy) is 1. The molecule has 144 valence electrons. The normalized spacial score (nSPS) is 16.8. The van der Waals surface area contributed by atoms with Crippen LogP contribution in [0.15, 0.2) is 72.5 Å². The van der Waals surface area contributed by atoms with E-state index in [0.717, 1.165) is 24.0 Å². The molecule has 1 heterocycles. The molecule has 0 aromatic heterocycles. The number of unbranched alkanes of at least 4 members (excludes halogenated alkanes) is 1. The predicted octanol–water partition coefficient (Wildman–Crippen LogP) is 5.38. The molecule has 2 atom stereocenters. The number of cyclic esters (lactones) is 1. The Hall–Kier alpha value is -3.10. The van der Waals surface area contributed by atoms with Crippen molar-refractivity contribution >= 4 is 18.1 Å². The molecule has 0 bridgehead atoms. The van der Waals surface area contributed by atoms with E-state index in [4.69, 9.17) is 4.74 Å². The van der Waals surface area contributed by atoms with E-state index < -0.39 is 12.0 Å². The third-order valence-electron chi connectivity index (χ3n) is 4.83. The predicted molar refractivity (Wildman–Crippen MR) is 109 cm³/mol. The Kier molecular flexibility index (Phi) is 6.83. The van der Waals surface area contributed by atoms with Crippen LogP contribution >= 0.6 is 0 Å². The van der Waals surface area contributed by atoms with Crippen LogP contribution in [-0.4, -0.2) is 23.5 Å². The maximum absolute atomic E-state index is 13.2. The van der Waals surface area contributed by atoms with Crippen molar-refractivity contribution in [3.63, 3.8) is 0 Å². The van der Waals surface area contributed by atoms with Crippen molar-refractivity contribution in [2.45, 2.75) is 32.2 Å². The average Bonchev–Trinajstić information content (AvgIpc) is 3.13. The van der Waals surface area contributed by atoms with Gasteiger partial charge in [0.2, 0.25) is 5.91 Å². The molecule has 0 N–H and O–H groups in total. The van der Waals surface area contributed by atoms with Gasteiger partial charge in [-0.05, 0) is 29.7 Å². The number of amides is 2. The second kappa shape index (κ2) is 9.72. The van der Waals surface area contributed by atoms with Gasteiger partial charge in [0.1, 0.15) is 12.6 Å². The van der Waals surface area contributed by atoms with Gasteiger partial charge in [0.25, 0.3) is 0 Å². The highest BCUT2D eigenvalue weighted by molar-refractivity contribution is 5.95. The fourth-order valence-corrected chi connectivity index (χ4v) is 3.28. The van der Waals surface area contributed by atoms with Crippen LogP contribution in [0, 0.1) is 5.92 Å². The Morgan fingerprint density at radius 1 is 1.18 bits per heavy atom. The number of imide groups is 1. The third-order valence-corrected chi connectivity index (χ3v) is 4.83. The Morgan fingerprint density at radius 3 is 2.54 bits per heavy atom. The lowest BCUT2D eigenvalue weighted by molar-refractivity contribution is -0.132. The first kappa shape index (κ1) is 19.7. The number of hydrogen-bond donors (Lipinski definition) is 0. The first-order chi connectivity index (χ1) is 13.7. The van der Waals surface area contributed by atoms with Gasteiger partial charge in [0, 0.05) is 0 Å². The van der Waals surface area contributed by atoms with E-state index in [0.29, 0.717) is 6.42 Å². The monoisotopic (exact) mass is 375 g/mol. The van der Waals surface area contributed by atoms with Crippen molar-refractivity contribution in [3.05, 3.63) is 83.6 Å². The zero-order chi connectivity index (χ0) is 19.8. The van der Waals surface area contributed by atoms with Crippen molar-refractivity contribution in [3.8, 4) is 0 Å². The molecule has 2 amide bonds. The van der Waals surface area contributed by atoms with Crippen LogP contribution in [0.1, 0.15) is 43.4 Å². The Morgan fingerprint density at radius 2 is 1.86 bits per heavy atom. The van der Waals surface area contributed by atoms with Gasteiger partial charge in [0.15, 0.2) is 0 Å². The fraction of sp³-hybridized carbons (Fsp3) is 0.292. The quantitative estimate of drug-likeness (QED) is 0.610. The highest BCUT2D eigenvalue weighted by atomic mass is 16.6. The summed E-state index contributed by atoms with van der Waals surface area (Å²) in [6.07, 6.45) is 5.62. The molecule has 1 saturated heterocycles. The van der Waals surface area contributed by atoms with Crippen molar-refractivity contribution in [1.29, 1.82) is 0 Å². The van der Waals surface area contributed by atoms with Crippen LogP contribution in [0.5, 0.6) is 0 Å². The molecule has 1 aliphatic heterocycles. The molecule has 2 aromatic rings. The lowest BCUT2D eigenvalue weighted by atomic mass is 9.98. The molecule has 0 spiro atoms. The lowest BCUT2D eigenvalue weighted by Gasteiger charge is -2.23. The minimum Gasteiger partial charge on any atom is -0.446 e. The van der Waals surface area contributed by atoms with Gasteiger partial charge in [-0.1, -0.05) is 80.4 Å². The Balaban J connectivity index is 1.83. The number of benzene rings is 2. The molecule has 0 unspecified atom stereocenters. The van der Waals surface area contributed by atoms with E-state index in [1.54, 1.807) is 6.08 Å². The summed E-state index contributed by atoms with van der Waals surface area (Å²) in [4.78, 5) is 26.8.